The number of benzene rings is 3. The van der Waals surface area contributed by atoms with Gasteiger partial charge in [0.15, 0.2) is 15.8 Å². The number of aliphatic hydroxyl groups is 1. The van der Waals surface area contributed by atoms with Gasteiger partial charge in [0.2, 0.25) is 5.13 Å². The number of anilines is 1. The zero-order chi connectivity index (χ0) is 28.9. The van der Waals surface area contributed by atoms with Crippen LogP contribution in [0.3, 0.4) is 0 Å². The van der Waals surface area contributed by atoms with Crippen molar-refractivity contribution >= 4 is 57.3 Å². The summed E-state index contributed by atoms with van der Waals surface area (Å²) >= 11 is 8.65. The molecule has 0 radical (unpaired) electrons. The molecule has 2 heterocycles. The molecule has 1 N–H and O–H groups in total. The molecule has 1 unspecified atom stereocenters. The molecule has 1 aromatic heterocycles. The zero-order valence-corrected chi connectivity index (χ0v) is 24.6. The zero-order valence-electron chi connectivity index (χ0n) is 22.2. The van der Waals surface area contributed by atoms with E-state index in [9.17, 15) is 14.7 Å². The Morgan fingerprint density at radius 3 is 2.39 bits per heavy atom. The van der Waals surface area contributed by atoms with Crippen LogP contribution in [0.5, 0.6) is 11.5 Å². The number of aliphatic hydroxyl groups excluding tert-OH is 1. The summed E-state index contributed by atoms with van der Waals surface area (Å²) in [5.41, 5.74) is 1.98. The molecule has 0 spiro atoms. The number of nitrogens with zero attached hydrogens (tertiary/aromatic N) is 3. The van der Waals surface area contributed by atoms with E-state index in [4.69, 9.17) is 21.1 Å². The Labute approximate surface area is 250 Å². The molecule has 1 saturated heterocycles. The van der Waals surface area contributed by atoms with E-state index in [0.717, 1.165) is 5.56 Å². The molecule has 41 heavy (non-hydrogen) atoms. The number of amides is 1. The summed E-state index contributed by atoms with van der Waals surface area (Å²) in [4.78, 5) is 28.3. The number of carbonyl (C=O) groups excluding carboxylic acids is 2. The van der Waals surface area contributed by atoms with Gasteiger partial charge in [-0.05, 0) is 49.2 Å². The van der Waals surface area contributed by atoms with Crippen molar-refractivity contribution in [3.8, 4) is 11.5 Å². The Morgan fingerprint density at radius 1 is 0.976 bits per heavy atom. The fourth-order valence-corrected chi connectivity index (χ4v) is 6.37. The predicted octanol–water partition coefficient (Wildman–Crippen LogP) is 6.91. The molecule has 5 rings (SSSR count). The summed E-state index contributed by atoms with van der Waals surface area (Å²) in [6.07, 6.45) is 0. The molecule has 1 amide bonds. The van der Waals surface area contributed by atoms with E-state index < -0.39 is 17.7 Å². The maximum Gasteiger partial charge on any atom is 0.301 e. The lowest BCUT2D eigenvalue weighted by Crippen LogP contribution is -2.29. The second kappa shape index (κ2) is 12.8. The summed E-state index contributed by atoms with van der Waals surface area (Å²) in [5.74, 6) is -0.259. The van der Waals surface area contributed by atoms with Crippen LogP contribution in [0.4, 0.5) is 5.13 Å². The molecule has 8 nitrogen and oxygen atoms in total. The van der Waals surface area contributed by atoms with Gasteiger partial charge in [0, 0.05) is 16.3 Å². The second-order valence-corrected chi connectivity index (χ2v) is 11.5. The van der Waals surface area contributed by atoms with Crippen molar-refractivity contribution in [2.45, 2.75) is 30.0 Å². The standard InChI is InChI=1S/C30H26ClN3O5S2/c1-3-38-22-15-12-20(16-23(22)39-4-2)25-24(26(35)19-8-6-5-7-9-19)27(36)28(37)34(25)29-32-33-30(41-29)40-17-18-10-13-21(31)14-11-18/h5-16,25,35H,3-4,17H2,1-2H3. The van der Waals surface area contributed by atoms with Gasteiger partial charge in [0.1, 0.15) is 5.76 Å². The van der Waals surface area contributed by atoms with Gasteiger partial charge in [-0.25, -0.2) is 0 Å². The van der Waals surface area contributed by atoms with Crippen molar-refractivity contribution in [1.82, 2.24) is 10.2 Å². The van der Waals surface area contributed by atoms with Gasteiger partial charge in [-0.15, -0.1) is 10.2 Å². The molecule has 0 aliphatic carbocycles. The average molecular weight is 608 g/mol. The van der Waals surface area contributed by atoms with Crippen LogP contribution in [-0.2, 0) is 15.3 Å². The highest BCUT2D eigenvalue weighted by atomic mass is 35.5. The Balaban J connectivity index is 1.57. The minimum atomic E-state index is -0.966. The molecule has 0 saturated carbocycles. The molecule has 210 valence electrons. The van der Waals surface area contributed by atoms with Crippen LogP contribution in [0.2, 0.25) is 5.02 Å². The summed E-state index contributed by atoms with van der Waals surface area (Å²) in [6, 6.07) is 20.4. The van der Waals surface area contributed by atoms with Gasteiger partial charge in [0.25, 0.3) is 5.78 Å². The van der Waals surface area contributed by atoms with E-state index in [1.807, 2.05) is 38.1 Å². The number of hydrogen-bond acceptors (Lipinski definition) is 9. The molecule has 1 atom stereocenters. The monoisotopic (exact) mass is 607 g/mol. The second-order valence-electron chi connectivity index (χ2n) is 8.87. The topological polar surface area (TPSA) is 102 Å². The van der Waals surface area contributed by atoms with Crippen LogP contribution in [-0.4, -0.2) is 40.2 Å². The number of rotatable bonds is 10. The molecule has 1 fully saturated rings. The highest BCUT2D eigenvalue weighted by molar-refractivity contribution is 8.00. The molecule has 1 aliphatic rings. The number of carbonyl (C=O) groups is 2. The van der Waals surface area contributed by atoms with Crippen LogP contribution in [0.1, 0.15) is 36.6 Å². The van der Waals surface area contributed by atoms with Gasteiger partial charge >= 0.3 is 5.91 Å². The Bertz CT molecular complexity index is 1590. The number of aromatic nitrogens is 2. The van der Waals surface area contributed by atoms with Crippen molar-refractivity contribution in [3.05, 3.63) is 100 Å². The van der Waals surface area contributed by atoms with Crippen molar-refractivity contribution in [1.29, 1.82) is 0 Å². The number of thioether (sulfide) groups is 1. The number of hydrogen-bond donors (Lipinski definition) is 1. The molecule has 1 aliphatic heterocycles. The van der Waals surface area contributed by atoms with Crippen molar-refractivity contribution in [2.24, 2.45) is 0 Å². The lowest BCUT2D eigenvalue weighted by molar-refractivity contribution is -0.132. The molecule has 11 heteroatoms. The highest BCUT2D eigenvalue weighted by Crippen LogP contribution is 2.45. The Hall–Kier alpha value is -3.86. The minimum Gasteiger partial charge on any atom is -0.507 e. The average Bonchev–Trinajstić information content (AvgIpc) is 3.56. The Morgan fingerprint density at radius 2 is 1.68 bits per heavy atom. The van der Waals surface area contributed by atoms with Crippen molar-refractivity contribution < 1.29 is 24.2 Å². The van der Waals surface area contributed by atoms with Crippen LogP contribution < -0.4 is 14.4 Å². The SMILES string of the molecule is CCOc1ccc(C2C(=C(O)c3ccccc3)C(=O)C(=O)N2c2nnc(SCc3ccc(Cl)cc3)s2)cc1OCC. The van der Waals surface area contributed by atoms with Gasteiger partial charge in [-0.1, -0.05) is 83.2 Å². The van der Waals surface area contributed by atoms with Crippen molar-refractivity contribution in [3.63, 3.8) is 0 Å². The fraction of sp³-hybridized carbons (Fsp3) is 0.200. The first-order chi connectivity index (χ1) is 19.9. The third-order valence-corrected chi connectivity index (χ3v) is 8.63. The van der Waals surface area contributed by atoms with Gasteiger partial charge in [-0.3, -0.25) is 14.5 Å². The third kappa shape index (κ3) is 6.09. The Kier molecular flexibility index (Phi) is 8.92. The fourth-order valence-electron chi connectivity index (χ4n) is 4.42. The highest BCUT2D eigenvalue weighted by Gasteiger charge is 2.48. The third-order valence-electron chi connectivity index (χ3n) is 6.25. The normalized spacial score (nSPS) is 16.3. The summed E-state index contributed by atoms with van der Waals surface area (Å²) < 4.78 is 12.2. The smallest absolute Gasteiger partial charge is 0.301 e. The number of ether oxygens (including phenoxy) is 2. The predicted molar refractivity (Wildman–Crippen MR) is 161 cm³/mol. The van der Waals surface area contributed by atoms with Crippen LogP contribution in [0.25, 0.3) is 5.76 Å². The first-order valence-corrected chi connectivity index (χ1v) is 15.1. The van der Waals surface area contributed by atoms with E-state index >= 15 is 0 Å². The maximum atomic E-state index is 13.5. The molecule has 3 aromatic carbocycles. The van der Waals surface area contributed by atoms with E-state index in [2.05, 4.69) is 10.2 Å². The lowest BCUT2D eigenvalue weighted by Gasteiger charge is -2.23. The van der Waals surface area contributed by atoms with E-state index in [-0.39, 0.29) is 16.5 Å². The first kappa shape index (κ1) is 28.7. The number of halogens is 1. The number of Topliss-reactive ketones (excluding diaryl/α,β-unsaturated/α-hetero) is 1. The molecule has 0 bridgehead atoms. The summed E-state index contributed by atoms with van der Waals surface area (Å²) in [6.45, 7) is 4.55. The van der Waals surface area contributed by atoms with Gasteiger partial charge in [-0.2, -0.15) is 0 Å². The van der Waals surface area contributed by atoms with Gasteiger partial charge < -0.3 is 14.6 Å². The van der Waals surface area contributed by atoms with Crippen LogP contribution in [0.15, 0.2) is 82.7 Å². The molecular weight excluding hydrogens is 582 g/mol. The summed E-state index contributed by atoms with van der Waals surface area (Å²) in [5, 5.41) is 20.8. The minimum absolute atomic E-state index is 0.0432. The maximum absolute atomic E-state index is 13.5. The van der Waals surface area contributed by atoms with Crippen LogP contribution in [0, 0.1) is 0 Å². The van der Waals surface area contributed by atoms with E-state index in [1.165, 1.54) is 28.0 Å². The lowest BCUT2D eigenvalue weighted by atomic mass is 9.95. The first-order valence-electron chi connectivity index (χ1n) is 12.9. The van der Waals surface area contributed by atoms with Gasteiger partial charge in [0.05, 0.1) is 24.8 Å². The number of ketones is 1. The largest absolute Gasteiger partial charge is 0.507 e. The molecular formula is C30H26ClN3O5S2. The van der Waals surface area contributed by atoms with E-state index in [0.29, 0.717) is 51.0 Å². The van der Waals surface area contributed by atoms with Crippen LogP contribution >= 0.6 is 34.7 Å². The molecule has 4 aromatic rings. The summed E-state index contributed by atoms with van der Waals surface area (Å²) in [7, 11) is 0. The quantitative estimate of drug-likeness (QED) is 0.0682. The van der Waals surface area contributed by atoms with E-state index in [1.54, 1.807) is 48.5 Å². The van der Waals surface area contributed by atoms with Crippen molar-refractivity contribution in [2.75, 3.05) is 18.1 Å².